The van der Waals surface area contributed by atoms with E-state index >= 15 is 0 Å². The molecule has 2 rings (SSSR count). The zero-order valence-electron chi connectivity index (χ0n) is 11.5. The van der Waals surface area contributed by atoms with Gasteiger partial charge in [0.05, 0.1) is 0 Å². The molecule has 18 heavy (non-hydrogen) atoms. The van der Waals surface area contributed by atoms with E-state index in [2.05, 4.69) is 17.3 Å². The largest absolute Gasteiger partial charge is 0.343 e. The van der Waals surface area contributed by atoms with E-state index in [1.807, 2.05) is 13.8 Å². The van der Waals surface area contributed by atoms with Crippen molar-refractivity contribution in [3.05, 3.63) is 0 Å². The van der Waals surface area contributed by atoms with Crippen LogP contribution in [0.15, 0.2) is 0 Å². The van der Waals surface area contributed by atoms with Crippen molar-refractivity contribution in [3.63, 3.8) is 0 Å². The van der Waals surface area contributed by atoms with Crippen LogP contribution >= 0.6 is 0 Å². The standard InChI is InChI=1S/C13H23N3O2/c1-4-11-13(18)16(9(2)12(17)14-11)8-10-5-6-15(3)7-10/h9-11H,4-8H2,1-3H3,(H,14,17). The second kappa shape index (κ2) is 5.26. The molecule has 0 aromatic rings. The van der Waals surface area contributed by atoms with Crippen molar-refractivity contribution in [3.8, 4) is 0 Å². The fourth-order valence-corrected chi connectivity index (χ4v) is 2.86. The highest BCUT2D eigenvalue weighted by Crippen LogP contribution is 2.20. The monoisotopic (exact) mass is 253 g/mol. The van der Waals surface area contributed by atoms with E-state index in [4.69, 9.17) is 0 Å². The lowest BCUT2D eigenvalue weighted by molar-refractivity contribution is -0.149. The number of piperazine rings is 1. The molecular formula is C13H23N3O2. The summed E-state index contributed by atoms with van der Waals surface area (Å²) in [5.74, 6) is 0.566. The molecule has 2 heterocycles. The van der Waals surface area contributed by atoms with Crippen molar-refractivity contribution in [1.82, 2.24) is 15.1 Å². The maximum absolute atomic E-state index is 12.3. The van der Waals surface area contributed by atoms with Crippen LogP contribution in [-0.4, -0.2) is 60.4 Å². The third-order valence-electron chi connectivity index (χ3n) is 4.10. The van der Waals surface area contributed by atoms with Gasteiger partial charge in [0.2, 0.25) is 11.8 Å². The Balaban J connectivity index is 2.03. The van der Waals surface area contributed by atoms with Crippen molar-refractivity contribution >= 4 is 11.8 Å². The molecule has 0 spiro atoms. The Bertz CT molecular complexity index is 345. The number of hydrogen-bond acceptors (Lipinski definition) is 3. The lowest BCUT2D eigenvalue weighted by atomic mass is 10.0. The summed E-state index contributed by atoms with van der Waals surface area (Å²) in [5.41, 5.74) is 0. The molecule has 2 saturated heterocycles. The van der Waals surface area contributed by atoms with E-state index in [9.17, 15) is 9.59 Å². The van der Waals surface area contributed by atoms with Crippen molar-refractivity contribution < 1.29 is 9.59 Å². The zero-order chi connectivity index (χ0) is 13.3. The first kappa shape index (κ1) is 13.3. The molecule has 0 aromatic heterocycles. The van der Waals surface area contributed by atoms with Gasteiger partial charge in [0.25, 0.3) is 0 Å². The highest BCUT2D eigenvalue weighted by molar-refractivity contribution is 5.96. The van der Waals surface area contributed by atoms with E-state index in [-0.39, 0.29) is 23.9 Å². The van der Waals surface area contributed by atoms with Crippen molar-refractivity contribution in [1.29, 1.82) is 0 Å². The summed E-state index contributed by atoms with van der Waals surface area (Å²) in [4.78, 5) is 28.2. The molecule has 102 valence electrons. The maximum atomic E-state index is 12.3. The lowest BCUT2D eigenvalue weighted by Crippen LogP contribution is -2.62. The first-order valence-electron chi connectivity index (χ1n) is 6.82. The summed E-state index contributed by atoms with van der Waals surface area (Å²) in [5, 5.41) is 2.79. The van der Waals surface area contributed by atoms with E-state index < -0.39 is 0 Å². The minimum atomic E-state index is -0.328. The first-order chi connectivity index (χ1) is 8.52. The molecule has 0 aliphatic carbocycles. The van der Waals surface area contributed by atoms with Gasteiger partial charge in [-0.1, -0.05) is 6.92 Å². The second-order valence-electron chi connectivity index (χ2n) is 5.55. The fraction of sp³-hybridized carbons (Fsp3) is 0.846. The molecule has 3 atom stereocenters. The van der Waals surface area contributed by atoms with Crippen LogP contribution in [0.2, 0.25) is 0 Å². The maximum Gasteiger partial charge on any atom is 0.245 e. The van der Waals surface area contributed by atoms with Crippen molar-refractivity contribution in [2.24, 2.45) is 5.92 Å². The van der Waals surface area contributed by atoms with Gasteiger partial charge in [-0.2, -0.15) is 0 Å². The Hall–Kier alpha value is -1.10. The molecule has 2 fully saturated rings. The molecule has 2 amide bonds. The highest BCUT2D eigenvalue weighted by Gasteiger charge is 2.38. The summed E-state index contributed by atoms with van der Waals surface area (Å²) in [6, 6.07) is -0.654. The summed E-state index contributed by atoms with van der Waals surface area (Å²) in [6.07, 6.45) is 1.78. The van der Waals surface area contributed by atoms with Gasteiger partial charge in [-0.05, 0) is 39.3 Å². The van der Waals surface area contributed by atoms with Crippen LogP contribution in [0.3, 0.4) is 0 Å². The van der Waals surface area contributed by atoms with Crippen LogP contribution in [0.25, 0.3) is 0 Å². The SMILES string of the molecule is CCC1NC(=O)C(C)N(CC2CCN(C)C2)C1=O. The molecule has 0 aromatic carbocycles. The van der Waals surface area contributed by atoms with Crippen LogP contribution in [-0.2, 0) is 9.59 Å². The molecule has 2 aliphatic heterocycles. The summed E-state index contributed by atoms with van der Waals surface area (Å²) in [7, 11) is 2.10. The van der Waals surface area contributed by atoms with Gasteiger partial charge >= 0.3 is 0 Å². The van der Waals surface area contributed by atoms with Gasteiger partial charge in [-0.25, -0.2) is 0 Å². The minimum Gasteiger partial charge on any atom is -0.343 e. The topological polar surface area (TPSA) is 52.7 Å². The molecule has 0 radical (unpaired) electrons. The number of nitrogens with one attached hydrogen (secondary N) is 1. The summed E-state index contributed by atoms with van der Waals surface area (Å²) < 4.78 is 0. The molecule has 3 unspecified atom stereocenters. The number of hydrogen-bond donors (Lipinski definition) is 1. The van der Waals surface area contributed by atoms with Crippen molar-refractivity contribution in [2.45, 2.75) is 38.8 Å². The smallest absolute Gasteiger partial charge is 0.245 e. The second-order valence-corrected chi connectivity index (χ2v) is 5.55. The molecule has 2 aliphatic rings. The van der Waals surface area contributed by atoms with Crippen LogP contribution < -0.4 is 5.32 Å². The fourth-order valence-electron chi connectivity index (χ4n) is 2.86. The van der Waals surface area contributed by atoms with E-state index in [0.29, 0.717) is 18.9 Å². The summed E-state index contributed by atoms with van der Waals surface area (Å²) in [6.45, 7) is 6.58. The lowest BCUT2D eigenvalue weighted by Gasteiger charge is -2.38. The number of nitrogens with zero attached hydrogens (tertiary/aromatic N) is 2. The van der Waals surface area contributed by atoms with E-state index in [0.717, 1.165) is 19.5 Å². The van der Waals surface area contributed by atoms with Gasteiger partial charge in [-0.15, -0.1) is 0 Å². The number of carbonyl (C=O) groups is 2. The third kappa shape index (κ3) is 2.51. The molecular weight excluding hydrogens is 230 g/mol. The Labute approximate surface area is 108 Å². The number of amides is 2. The van der Waals surface area contributed by atoms with Crippen LogP contribution in [0, 0.1) is 5.92 Å². The van der Waals surface area contributed by atoms with Crippen LogP contribution in [0.5, 0.6) is 0 Å². The highest BCUT2D eigenvalue weighted by atomic mass is 16.2. The number of likely N-dealkylation sites (tertiary alicyclic amines) is 1. The Morgan fingerprint density at radius 2 is 2.11 bits per heavy atom. The quantitative estimate of drug-likeness (QED) is 0.774. The zero-order valence-corrected chi connectivity index (χ0v) is 11.5. The van der Waals surface area contributed by atoms with Crippen LogP contribution in [0.4, 0.5) is 0 Å². The Morgan fingerprint density at radius 3 is 2.67 bits per heavy atom. The van der Waals surface area contributed by atoms with Gasteiger partial charge in [-0.3, -0.25) is 9.59 Å². The average molecular weight is 253 g/mol. The van der Waals surface area contributed by atoms with Crippen LogP contribution in [0.1, 0.15) is 26.7 Å². The molecule has 0 bridgehead atoms. The molecule has 5 heteroatoms. The average Bonchev–Trinajstić information content (AvgIpc) is 2.75. The molecule has 5 nitrogen and oxygen atoms in total. The predicted molar refractivity (Wildman–Crippen MR) is 69.0 cm³/mol. The minimum absolute atomic E-state index is 0.0206. The normalized spacial score (nSPS) is 33.9. The van der Waals surface area contributed by atoms with Gasteiger partial charge < -0.3 is 15.1 Å². The number of carbonyl (C=O) groups excluding carboxylic acids is 2. The first-order valence-corrected chi connectivity index (χ1v) is 6.82. The predicted octanol–water partition coefficient (Wildman–Crippen LogP) is 0.0636. The molecule has 1 N–H and O–H groups in total. The molecule has 0 saturated carbocycles. The van der Waals surface area contributed by atoms with Crippen molar-refractivity contribution in [2.75, 3.05) is 26.7 Å². The Morgan fingerprint density at radius 1 is 1.39 bits per heavy atom. The van der Waals surface area contributed by atoms with E-state index in [1.54, 1.807) is 4.90 Å². The van der Waals surface area contributed by atoms with E-state index in [1.165, 1.54) is 0 Å². The Kier molecular flexibility index (Phi) is 3.90. The van der Waals surface area contributed by atoms with Gasteiger partial charge in [0, 0.05) is 13.1 Å². The van der Waals surface area contributed by atoms with Gasteiger partial charge in [0.1, 0.15) is 12.1 Å². The summed E-state index contributed by atoms with van der Waals surface area (Å²) >= 11 is 0. The third-order valence-corrected chi connectivity index (χ3v) is 4.10. The van der Waals surface area contributed by atoms with Gasteiger partial charge in [0.15, 0.2) is 0 Å². The number of rotatable bonds is 3.